The van der Waals surface area contributed by atoms with Crippen molar-refractivity contribution in [1.82, 2.24) is 0 Å². The average Bonchev–Trinajstić information content (AvgIpc) is 2.92. The van der Waals surface area contributed by atoms with Crippen molar-refractivity contribution < 1.29 is 13.5 Å². The molecule has 2 rings (SSSR count). The Hall–Kier alpha value is -0.130. The second-order valence-electron chi connectivity index (χ2n) is 5.25. The van der Waals surface area contributed by atoms with E-state index in [1.165, 1.54) is 0 Å². The summed E-state index contributed by atoms with van der Waals surface area (Å²) in [6, 6.07) is 0. The predicted molar refractivity (Wildman–Crippen MR) is 58.1 cm³/mol. The van der Waals surface area contributed by atoms with Gasteiger partial charge < -0.3 is 10.8 Å². The van der Waals surface area contributed by atoms with Crippen LogP contribution in [0, 0.1) is 11.3 Å². The molecule has 0 amide bonds. The van der Waals surface area contributed by atoms with Crippen molar-refractivity contribution in [2.24, 2.45) is 17.1 Å². The Morgan fingerprint density at radius 1 is 1.53 bits per heavy atom. The summed E-state index contributed by atoms with van der Waals surface area (Å²) in [5.41, 5.74) is 4.20. The minimum absolute atomic E-state index is 0.0556. The van der Waals surface area contributed by atoms with Crippen LogP contribution in [0.15, 0.2) is 0 Å². The van der Waals surface area contributed by atoms with Crippen LogP contribution in [0.2, 0.25) is 0 Å². The molecule has 0 aromatic rings. The van der Waals surface area contributed by atoms with Gasteiger partial charge in [0.25, 0.3) is 0 Å². The lowest BCUT2D eigenvalue weighted by atomic mass is 9.70. The van der Waals surface area contributed by atoms with E-state index >= 15 is 0 Å². The Labute approximate surface area is 90.8 Å². The zero-order chi connectivity index (χ0) is 11.3. The molecule has 15 heavy (non-hydrogen) atoms. The molecular formula is C10H19NO3S. The van der Waals surface area contributed by atoms with Gasteiger partial charge in [-0.15, -0.1) is 0 Å². The van der Waals surface area contributed by atoms with Crippen LogP contribution < -0.4 is 5.73 Å². The fourth-order valence-electron chi connectivity index (χ4n) is 2.76. The van der Waals surface area contributed by atoms with E-state index in [1.807, 2.05) is 0 Å². The zero-order valence-electron chi connectivity index (χ0n) is 9.07. The fourth-order valence-corrected chi connectivity index (χ4v) is 5.00. The Bertz CT molecular complexity index is 359. The molecule has 0 aromatic heterocycles. The molecule has 1 saturated heterocycles. The van der Waals surface area contributed by atoms with Gasteiger partial charge in [-0.3, -0.25) is 0 Å². The van der Waals surface area contributed by atoms with Gasteiger partial charge in [0, 0.05) is 12.0 Å². The maximum absolute atomic E-state index is 11.5. The normalized spacial score (nSPS) is 38.9. The second kappa shape index (κ2) is 3.18. The van der Waals surface area contributed by atoms with Gasteiger partial charge in [0.2, 0.25) is 0 Å². The highest BCUT2D eigenvalue weighted by Gasteiger charge is 2.58. The van der Waals surface area contributed by atoms with E-state index in [0.29, 0.717) is 6.42 Å². The Balaban J connectivity index is 2.30. The topological polar surface area (TPSA) is 80.4 Å². The Morgan fingerprint density at radius 2 is 2.13 bits per heavy atom. The molecule has 2 aliphatic rings. The molecule has 0 radical (unpaired) electrons. The molecule has 5 heteroatoms. The minimum atomic E-state index is -2.99. The van der Waals surface area contributed by atoms with Gasteiger partial charge in [-0.25, -0.2) is 8.42 Å². The largest absolute Gasteiger partial charge is 0.389 e. The van der Waals surface area contributed by atoms with E-state index in [9.17, 15) is 13.5 Å². The molecule has 0 aromatic carbocycles. The predicted octanol–water partition coefficient (Wildman–Crippen LogP) is -0.0890. The summed E-state index contributed by atoms with van der Waals surface area (Å²) in [5, 5.41) is 10.5. The van der Waals surface area contributed by atoms with Gasteiger partial charge in [-0.2, -0.15) is 0 Å². The SMILES string of the molecule is CC(O)(C1CC1)C1(CN)CCS(=O)(=O)C1. The molecule has 1 heterocycles. The summed E-state index contributed by atoms with van der Waals surface area (Å²) < 4.78 is 23.1. The average molecular weight is 233 g/mol. The van der Waals surface area contributed by atoms with Crippen LogP contribution >= 0.6 is 0 Å². The summed E-state index contributed by atoms with van der Waals surface area (Å²) in [7, 11) is -2.99. The zero-order valence-corrected chi connectivity index (χ0v) is 9.89. The number of rotatable bonds is 3. The van der Waals surface area contributed by atoms with Crippen LogP contribution in [0.4, 0.5) is 0 Å². The Kier molecular flexibility index (Phi) is 2.41. The van der Waals surface area contributed by atoms with Crippen LogP contribution in [0.25, 0.3) is 0 Å². The third-order valence-electron chi connectivity index (χ3n) is 4.22. The van der Waals surface area contributed by atoms with E-state index in [2.05, 4.69) is 0 Å². The first kappa shape index (κ1) is 11.4. The van der Waals surface area contributed by atoms with Gasteiger partial charge in [-0.05, 0) is 32.1 Å². The van der Waals surface area contributed by atoms with Crippen molar-refractivity contribution in [3.63, 3.8) is 0 Å². The summed E-state index contributed by atoms with van der Waals surface area (Å²) in [6.07, 6.45) is 2.50. The van der Waals surface area contributed by atoms with Crippen LogP contribution in [0.1, 0.15) is 26.2 Å². The molecule has 88 valence electrons. The van der Waals surface area contributed by atoms with E-state index in [0.717, 1.165) is 12.8 Å². The molecule has 3 N–H and O–H groups in total. The highest BCUT2D eigenvalue weighted by molar-refractivity contribution is 7.91. The third kappa shape index (κ3) is 1.70. The summed E-state index contributed by atoms with van der Waals surface area (Å²) in [6.45, 7) is 2.02. The van der Waals surface area contributed by atoms with E-state index < -0.39 is 20.9 Å². The maximum Gasteiger partial charge on any atom is 0.151 e. The Morgan fingerprint density at radius 3 is 2.47 bits per heavy atom. The van der Waals surface area contributed by atoms with E-state index in [4.69, 9.17) is 5.73 Å². The van der Waals surface area contributed by atoms with Crippen molar-refractivity contribution in [3.8, 4) is 0 Å². The van der Waals surface area contributed by atoms with Crippen molar-refractivity contribution in [1.29, 1.82) is 0 Å². The smallest absolute Gasteiger partial charge is 0.151 e. The minimum Gasteiger partial charge on any atom is -0.389 e. The van der Waals surface area contributed by atoms with Crippen molar-refractivity contribution in [3.05, 3.63) is 0 Å². The molecule has 2 unspecified atom stereocenters. The lowest BCUT2D eigenvalue weighted by Crippen LogP contribution is -2.53. The molecular weight excluding hydrogens is 214 g/mol. The van der Waals surface area contributed by atoms with Crippen molar-refractivity contribution >= 4 is 9.84 Å². The quantitative estimate of drug-likeness (QED) is 0.714. The molecule has 1 saturated carbocycles. The highest BCUT2D eigenvalue weighted by atomic mass is 32.2. The number of nitrogens with two attached hydrogens (primary N) is 1. The van der Waals surface area contributed by atoms with Crippen LogP contribution in [-0.4, -0.2) is 37.2 Å². The number of aliphatic hydroxyl groups is 1. The summed E-state index contributed by atoms with van der Waals surface area (Å²) in [5.74, 6) is 0.474. The molecule has 0 spiro atoms. The van der Waals surface area contributed by atoms with Gasteiger partial charge in [0.15, 0.2) is 9.84 Å². The summed E-state index contributed by atoms with van der Waals surface area (Å²) >= 11 is 0. The molecule has 1 aliphatic carbocycles. The first-order valence-electron chi connectivity index (χ1n) is 5.46. The van der Waals surface area contributed by atoms with Crippen molar-refractivity contribution in [2.45, 2.75) is 31.8 Å². The second-order valence-corrected chi connectivity index (χ2v) is 7.43. The van der Waals surface area contributed by atoms with Gasteiger partial charge in [-0.1, -0.05) is 0 Å². The molecule has 1 aliphatic heterocycles. The molecule has 4 nitrogen and oxygen atoms in total. The monoisotopic (exact) mass is 233 g/mol. The van der Waals surface area contributed by atoms with E-state index in [1.54, 1.807) is 6.92 Å². The molecule has 0 bridgehead atoms. The first-order chi connectivity index (χ1) is 6.83. The lowest BCUT2D eigenvalue weighted by molar-refractivity contribution is -0.0705. The summed E-state index contributed by atoms with van der Waals surface area (Å²) in [4.78, 5) is 0. The fraction of sp³-hybridized carbons (Fsp3) is 1.00. The number of sulfone groups is 1. The van der Waals surface area contributed by atoms with Crippen LogP contribution in [0.3, 0.4) is 0 Å². The first-order valence-corrected chi connectivity index (χ1v) is 7.28. The van der Waals surface area contributed by atoms with Gasteiger partial charge >= 0.3 is 0 Å². The van der Waals surface area contributed by atoms with Crippen LogP contribution in [-0.2, 0) is 9.84 Å². The number of hydrogen-bond donors (Lipinski definition) is 2. The third-order valence-corrected chi connectivity index (χ3v) is 6.04. The molecule has 2 fully saturated rings. The highest BCUT2D eigenvalue weighted by Crippen LogP contribution is 2.52. The number of hydrogen-bond acceptors (Lipinski definition) is 4. The van der Waals surface area contributed by atoms with Crippen molar-refractivity contribution in [2.75, 3.05) is 18.1 Å². The maximum atomic E-state index is 11.5. The van der Waals surface area contributed by atoms with E-state index in [-0.39, 0.29) is 24.0 Å². The van der Waals surface area contributed by atoms with Crippen LogP contribution in [0.5, 0.6) is 0 Å². The molecule has 2 atom stereocenters. The van der Waals surface area contributed by atoms with Gasteiger partial charge in [0.05, 0.1) is 17.1 Å². The lowest BCUT2D eigenvalue weighted by Gasteiger charge is -2.41. The van der Waals surface area contributed by atoms with Gasteiger partial charge in [0.1, 0.15) is 0 Å². The standard InChI is InChI=1S/C10H19NO3S/c1-9(12,8-2-3-8)10(6-11)4-5-15(13,14)7-10/h8,12H,2-7,11H2,1H3.